The lowest BCUT2D eigenvalue weighted by Crippen LogP contribution is -2.52. The van der Waals surface area contributed by atoms with Crippen molar-refractivity contribution in [2.75, 3.05) is 31.7 Å². The van der Waals surface area contributed by atoms with Gasteiger partial charge in [-0.05, 0) is 42.0 Å². The molecule has 3 aromatic heterocycles. The van der Waals surface area contributed by atoms with Crippen LogP contribution in [0.15, 0.2) is 65.2 Å². The number of nitrogens with one attached hydrogen (secondary N) is 2. The van der Waals surface area contributed by atoms with Gasteiger partial charge in [-0.3, -0.25) is 19.9 Å². The Kier molecular flexibility index (Phi) is 6.31. The first-order valence-corrected chi connectivity index (χ1v) is 12.7. The number of carbonyl (C=O) groups is 3. The fourth-order valence-corrected chi connectivity index (χ4v) is 5.12. The van der Waals surface area contributed by atoms with Crippen molar-refractivity contribution in [2.45, 2.75) is 18.6 Å². The number of rotatable bonds is 9. The highest BCUT2D eigenvalue weighted by atomic mass is 16.5. The molecular formula is C28H26N6O6. The molecule has 12 heteroatoms. The molecule has 1 atom stereocenters. The smallest absolute Gasteiger partial charge is 0.322 e. The van der Waals surface area contributed by atoms with E-state index in [-0.39, 0.29) is 31.4 Å². The zero-order valence-electron chi connectivity index (χ0n) is 21.6. The fraction of sp³-hybridized carbons (Fsp3) is 0.250. The summed E-state index contributed by atoms with van der Waals surface area (Å²) in [6.07, 6.45) is 1.70. The molecule has 0 spiro atoms. The monoisotopic (exact) mass is 542 g/mol. The predicted octanol–water partition coefficient (Wildman–Crippen LogP) is 1.92. The third kappa shape index (κ3) is 4.37. The van der Waals surface area contributed by atoms with Gasteiger partial charge < -0.3 is 29.4 Å². The predicted molar refractivity (Wildman–Crippen MR) is 142 cm³/mol. The number of ether oxygens (including phenoxy) is 1. The van der Waals surface area contributed by atoms with Crippen LogP contribution in [0.2, 0.25) is 0 Å². The summed E-state index contributed by atoms with van der Waals surface area (Å²) in [4.78, 5) is 51.3. The molecule has 1 unspecified atom stereocenters. The molecule has 5 heterocycles. The Morgan fingerprint density at radius 3 is 2.75 bits per heavy atom. The summed E-state index contributed by atoms with van der Waals surface area (Å²) in [5.74, 6) is 0.360. The molecule has 40 heavy (non-hydrogen) atoms. The molecule has 12 nitrogen and oxygen atoms in total. The third-order valence-electron chi connectivity index (χ3n) is 7.12. The second-order valence-electron chi connectivity index (χ2n) is 9.63. The number of amides is 4. The highest BCUT2D eigenvalue weighted by molar-refractivity contribution is 6.08. The molecule has 0 radical (unpaired) electrons. The summed E-state index contributed by atoms with van der Waals surface area (Å²) in [5.41, 5.74) is 1.27. The summed E-state index contributed by atoms with van der Waals surface area (Å²) in [7, 11) is 1.52. The van der Waals surface area contributed by atoms with Gasteiger partial charge >= 0.3 is 6.03 Å². The van der Waals surface area contributed by atoms with E-state index >= 15 is 0 Å². The first-order valence-electron chi connectivity index (χ1n) is 12.7. The molecular weight excluding hydrogens is 516 g/mol. The molecule has 6 rings (SSSR count). The largest absolute Gasteiger partial charge is 0.497 e. The minimum Gasteiger partial charge on any atom is -0.497 e. The number of furan rings is 1. The minimum absolute atomic E-state index is 0.0867. The number of benzene rings is 1. The first-order chi connectivity index (χ1) is 19.4. The molecule has 1 fully saturated rings. The van der Waals surface area contributed by atoms with E-state index in [1.165, 1.54) is 12.0 Å². The van der Waals surface area contributed by atoms with E-state index in [4.69, 9.17) is 14.1 Å². The van der Waals surface area contributed by atoms with E-state index in [1.807, 2.05) is 29.2 Å². The van der Waals surface area contributed by atoms with Crippen LogP contribution in [0.3, 0.4) is 0 Å². The maximum absolute atomic E-state index is 13.3. The molecule has 4 aromatic rings. The van der Waals surface area contributed by atoms with Gasteiger partial charge in [0, 0.05) is 30.9 Å². The van der Waals surface area contributed by atoms with Gasteiger partial charge in [-0.25, -0.2) is 9.78 Å². The zero-order chi connectivity index (χ0) is 27.9. The average molecular weight is 543 g/mol. The Labute approximate surface area is 228 Å². The molecule has 1 aromatic carbocycles. The van der Waals surface area contributed by atoms with Crippen molar-refractivity contribution in [3.63, 3.8) is 0 Å². The van der Waals surface area contributed by atoms with Crippen molar-refractivity contribution in [1.29, 1.82) is 0 Å². The molecule has 0 saturated carbocycles. The van der Waals surface area contributed by atoms with E-state index in [1.54, 1.807) is 36.5 Å². The van der Waals surface area contributed by atoms with Crippen molar-refractivity contribution < 1.29 is 28.6 Å². The second-order valence-corrected chi connectivity index (χ2v) is 9.63. The van der Waals surface area contributed by atoms with Gasteiger partial charge in [0.2, 0.25) is 0 Å². The number of fused-ring (bicyclic) bond motifs is 2. The number of hydrogen-bond donors (Lipinski definition) is 3. The number of aromatic nitrogens is 2. The van der Waals surface area contributed by atoms with Crippen molar-refractivity contribution >= 4 is 34.8 Å². The van der Waals surface area contributed by atoms with Crippen LogP contribution in [0.5, 0.6) is 5.75 Å². The molecule has 204 valence electrons. The van der Waals surface area contributed by atoms with Crippen LogP contribution in [0, 0.1) is 0 Å². The molecule has 2 aliphatic heterocycles. The van der Waals surface area contributed by atoms with Crippen molar-refractivity contribution in [3.8, 4) is 5.75 Å². The van der Waals surface area contributed by atoms with Crippen LogP contribution >= 0.6 is 0 Å². The van der Waals surface area contributed by atoms with Crippen molar-refractivity contribution in [2.24, 2.45) is 0 Å². The number of methoxy groups -OCH3 is 1. The van der Waals surface area contributed by atoms with E-state index in [2.05, 4.69) is 15.6 Å². The zero-order valence-corrected chi connectivity index (χ0v) is 21.6. The molecule has 0 bridgehead atoms. The summed E-state index contributed by atoms with van der Waals surface area (Å²) < 4.78 is 11.3. The Morgan fingerprint density at radius 2 is 2.02 bits per heavy atom. The highest BCUT2D eigenvalue weighted by Crippen LogP contribution is 2.35. The standard InChI is InChI=1S/C28H26N6O6/c1-39-19-6-5-17-14-34(25(36)20(17)12-19)16-28(26(37)31-27(38)32-28)23-13-21-22(40-23)7-8-24(30-21)33(10-11-35)15-18-4-2-3-9-29-18/h2-9,12-13,35H,10-11,14-16H2,1H3,(H2,31,32,37,38). The summed E-state index contributed by atoms with van der Waals surface area (Å²) in [6.45, 7) is 0.773. The van der Waals surface area contributed by atoms with Crippen LogP contribution in [0.25, 0.3) is 11.1 Å². The van der Waals surface area contributed by atoms with Crippen molar-refractivity contribution in [1.82, 2.24) is 25.5 Å². The van der Waals surface area contributed by atoms with Crippen LogP contribution < -0.4 is 20.3 Å². The Hall–Kier alpha value is -4.97. The summed E-state index contributed by atoms with van der Waals surface area (Å²) in [5, 5.41) is 14.6. The van der Waals surface area contributed by atoms with Gasteiger partial charge in [0.1, 0.15) is 22.8 Å². The maximum Gasteiger partial charge on any atom is 0.322 e. The van der Waals surface area contributed by atoms with Crippen LogP contribution in [0.1, 0.15) is 27.4 Å². The minimum atomic E-state index is -1.65. The van der Waals surface area contributed by atoms with Crippen LogP contribution in [-0.4, -0.2) is 64.6 Å². The van der Waals surface area contributed by atoms with Crippen LogP contribution in [0.4, 0.5) is 10.6 Å². The van der Waals surface area contributed by atoms with Gasteiger partial charge in [0.15, 0.2) is 11.1 Å². The number of pyridine rings is 2. The summed E-state index contributed by atoms with van der Waals surface area (Å²) >= 11 is 0. The number of aliphatic hydroxyl groups is 1. The Bertz CT molecular complexity index is 1620. The van der Waals surface area contributed by atoms with Gasteiger partial charge in [-0.15, -0.1) is 0 Å². The van der Waals surface area contributed by atoms with Gasteiger partial charge in [0.25, 0.3) is 11.8 Å². The molecule has 2 aliphatic rings. The molecule has 0 aliphatic carbocycles. The van der Waals surface area contributed by atoms with E-state index in [0.29, 0.717) is 41.3 Å². The van der Waals surface area contributed by atoms with E-state index < -0.39 is 17.5 Å². The number of imide groups is 1. The lowest BCUT2D eigenvalue weighted by atomic mass is 9.95. The highest BCUT2D eigenvalue weighted by Gasteiger charge is 2.53. The van der Waals surface area contributed by atoms with Gasteiger partial charge in [-0.2, -0.15) is 0 Å². The molecule has 1 saturated heterocycles. The second kappa shape index (κ2) is 9.97. The quantitative estimate of drug-likeness (QED) is 0.270. The number of carbonyl (C=O) groups excluding carboxylic acids is 3. The normalized spacial score (nSPS) is 18.1. The lowest BCUT2D eigenvalue weighted by Gasteiger charge is -2.28. The van der Waals surface area contributed by atoms with Crippen molar-refractivity contribution in [3.05, 3.63) is 83.4 Å². The molecule has 3 N–H and O–H groups in total. The number of nitrogens with zero attached hydrogens (tertiary/aromatic N) is 4. The topological polar surface area (TPSA) is 150 Å². The SMILES string of the molecule is COc1ccc2c(c1)C(=O)N(CC1(c3cc4nc(N(CCO)Cc5ccccn5)ccc4o3)NC(=O)NC1=O)C2. The lowest BCUT2D eigenvalue weighted by molar-refractivity contribution is -0.125. The number of anilines is 1. The third-order valence-corrected chi connectivity index (χ3v) is 7.12. The summed E-state index contributed by atoms with van der Waals surface area (Å²) in [6, 6.07) is 15.2. The Morgan fingerprint density at radius 1 is 1.15 bits per heavy atom. The number of urea groups is 1. The fourth-order valence-electron chi connectivity index (χ4n) is 5.12. The Balaban J connectivity index is 1.33. The average Bonchev–Trinajstić information content (AvgIpc) is 3.61. The first kappa shape index (κ1) is 25.3. The van der Waals surface area contributed by atoms with Gasteiger partial charge in [0.05, 0.1) is 32.5 Å². The molecule has 4 amide bonds. The van der Waals surface area contributed by atoms with Crippen LogP contribution in [-0.2, 0) is 23.4 Å². The van der Waals surface area contributed by atoms with E-state index in [9.17, 15) is 19.5 Å². The maximum atomic E-state index is 13.3. The van der Waals surface area contributed by atoms with Gasteiger partial charge in [-0.1, -0.05) is 12.1 Å². The van der Waals surface area contributed by atoms with E-state index in [0.717, 1.165) is 11.3 Å². The number of aliphatic hydroxyl groups excluding tert-OH is 1. The number of hydrogen-bond acceptors (Lipinski definition) is 9.